The Morgan fingerprint density at radius 1 is 1.21 bits per heavy atom. The maximum atomic E-state index is 11.0. The van der Waals surface area contributed by atoms with E-state index < -0.39 is 4.92 Å². The SMILES string of the molecule is Cc1cccc(C)c1Nc1nnc(Sc2ccncc2[N+](=O)[O-])s1. The predicted molar refractivity (Wildman–Crippen MR) is 94.1 cm³/mol. The Bertz CT molecular complexity index is 877. The van der Waals surface area contributed by atoms with Crippen LogP contribution in [0.1, 0.15) is 11.1 Å². The maximum Gasteiger partial charge on any atom is 0.301 e. The van der Waals surface area contributed by atoms with Crippen molar-refractivity contribution in [2.75, 3.05) is 5.32 Å². The van der Waals surface area contributed by atoms with E-state index in [2.05, 4.69) is 20.5 Å². The number of para-hydroxylation sites is 1. The fraction of sp³-hybridized carbons (Fsp3) is 0.133. The van der Waals surface area contributed by atoms with Crippen molar-refractivity contribution < 1.29 is 4.92 Å². The van der Waals surface area contributed by atoms with E-state index in [1.165, 1.54) is 35.5 Å². The fourth-order valence-electron chi connectivity index (χ4n) is 2.11. The van der Waals surface area contributed by atoms with Gasteiger partial charge in [0.2, 0.25) is 5.13 Å². The van der Waals surface area contributed by atoms with Crippen LogP contribution >= 0.6 is 23.1 Å². The van der Waals surface area contributed by atoms with E-state index in [1.807, 2.05) is 32.0 Å². The molecule has 3 rings (SSSR count). The minimum absolute atomic E-state index is 0.0399. The minimum Gasteiger partial charge on any atom is -0.330 e. The largest absolute Gasteiger partial charge is 0.330 e. The molecule has 0 fully saturated rings. The van der Waals surface area contributed by atoms with E-state index >= 15 is 0 Å². The Morgan fingerprint density at radius 2 is 1.96 bits per heavy atom. The van der Waals surface area contributed by atoms with Gasteiger partial charge in [0.05, 0.1) is 9.82 Å². The summed E-state index contributed by atoms with van der Waals surface area (Å²) in [4.78, 5) is 14.9. The molecule has 2 heterocycles. The van der Waals surface area contributed by atoms with Gasteiger partial charge in [-0.3, -0.25) is 15.1 Å². The molecule has 0 aliphatic carbocycles. The van der Waals surface area contributed by atoms with Gasteiger partial charge in [-0.1, -0.05) is 29.5 Å². The van der Waals surface area contributed by atoms with E-state index in [0.29, 0.717) is 14.4 Å². The third-order valence-corrected chi connectivity index (χ3v) is 5.23. The van der Waals surface area contributed by atoms with Gasteiger partial charge < -0.3 is 5.32 Å². The molecule has 1 aromatic carbocycles. The summed E-state index contributed by atoms with van der Waals surface area (Å²) in [6, 6.07) is 7.64. The van der Waals surface area contributed by atoms with Crippen LogP contribution in [0.5, 0.6) is 0 Å². The molecule has 1 N–H and O–H groups in total. The number of hydrogen-bond donors (Lipinski definition) is 1. The molecule has 9 heteroatoms. The lowest BCUT2D eigenvalue weighted by Crippen LogP contribution is -1.95. The maximum absolute atomic E-state index is 11.0. The van der Waals surface area contributed by atoms with Gasteiger partial charge in [-0.15, -0.1) is 10.2 Å². The molecule has 3 aromatic rings. The predicted octanol–water partition coefficient (Wildman–Crippen LogP) is 4.35. The van der Waals surface area contributed by atoms with Crippen molar-refractivity contribution in [3.63, 3.8) is 0 Å². The van der Waals surface area contributed by atoms with Crippen LogP contribution in [-0.2, 0) is 0 Å². The van der Waals surface area contributed by atoms with Crippen LogP contribution in [0.25, 0.3) is 0 Å². The van der Waals surface area contributed by atoms with Crippen LogP contribution in [0.3, 0.4) is 0 Å². The quantitative estimate of drug-likeness (QED) is 0.534. The molecule has 7 nitrogen and oxygen atoms in total. The Morgan fingerprint density at radius 3 is 2.67 bits per heavy atom. The number of hydrogen-bond acceptors (Lipinski definition) is 8. The molecule has 0 spiro atoms. The molecular formula is C15H13N5O2S2. The zero-order chi connectivity index (χ0) is 17.1. The minimum atomic E-state index is -0.452. The number of rotatable bonds is 5. The zero-order valence-electron chi connectivity index (χ0n) is 12.9. The molecule has 0 aliphatic heterocycles. The molecule has 0 saturated heterocycles. The summed E-state index contributed by atoms with van der Waals surface area (Å²) >= 11 is 2.55. The van der Waals surface area contributed by atoms with Crippen LogP contribution in [0.4, 0.5) is 16.5 Å². The van der Waals surface area contributed by atoms with Crippen molar-refractivity contribution in [2.45, 2.75) is 23.1 Å². The van der Waals surface area contributed by atoms with E-state index in [1.54, 1.807) is 6.07 Å². The van der Waals surface area contributed by atoms with Crippen molar-refractivity contribution in [1.82, 2.24) is 15.2 Å². The second kappa shape index (κ2) is 6.93. The first-order valence-electron chi connectivity index (χ1n) is 6.97. The summed E-state index contributed by atoms with van der Waals surface area (Å²) in [5.41, 5.74) is 3.19. The van der Waals surface area contributed by atoms with Gasteiger partial charge in [-0.05, 0) is 42.8 Å². The Kier molecular flexibility index (Phi) is 4.72. The smallest absolute Gasteiger partial charge is 0.301 e. The van der Waals surface area contributed by atoms with Gasteiger partial charge in [0.1, 0.15) is 6.20 Å². The number of nitrogens with zero attached hydrogens (tertiary/aromatic N) is 4. The van der Waals surface area contributed by atoms with Crippen LogP contribution in [0.2, 0.25) is 0 Å². The normalized spacial score (nSPS) is 10.6. The van der Waals surface area contributed by atoms with Crippen LogP contribution in [0.15, 0.2) is 45.9 Å². The van der Waals surface area contributed by atoms with Crippen LogP contribution in [0, 0.1) is 24.0 Å². The molecule has 24 heavy (non-hydrogen) atoms. The number of aromatic nitrogens is 3. The van der Waals surface area contributed by atoms with Crippen LogP contribution < -0.4 is 5.32 Å². The highest BCUT2D eigenvalue weighted by Gasteiger charge is 2.17. The topological polar surface area (TPSA) is 93.8 Å². The third kappa shape index (κ3) is 3.52. The Balaban J connectivity index is 1.81. The first kappa shape index (κ1) is 16.3. The van der Waals surface area contributed by atoms with E-state index in [0.717, 1.165) is 16.8 Å². The second-order valence-electron chi connectivity index (χ2n) is 4.97. The highest BCUT2D eigenvalue weighted by atomic mass is 32.2. The first-order chi connectivity index (χ1) is 11.5. The highest BCUT2D eigenvalue weighted by molar-refractivity contribution is 8.01. The Labute approximate surface area is 146 Å². The Hall–Kier alpha value is -2.52. The van der Waals surface area contributed by atoms with Gasteiger partial charge in [0.15, 0.2) is 4.34 Å². The number of anilines is 2. The van der Waals surface area contributed by atoms with Crippen molar-refractivity contribution in [3.8, 4) is 0 Å². The molecule has 0 saturated carbocycles. The number of pyridine rings is 1. The molecular weight excluding hydrogens is 346 g/mol. The average Bonchev–Trinajstić information content (AvgIpc) is 2.99. The molecule has 0 radical (unpaired) electrons. The standard InChI is InChI=1S/C15H13N5O2S2/c1-9-4-3-5-10(2)13(9)17-14-18-19-15(24-14)23-12-6-7-16-8-11(12)20(21)22/h3-8H,1-2H3,(H,17,18). The lowest BCUT2D eigenvalue weighted by atomic mass is 10.1. The molecule has 0 unspecified atom stereocenters. The fourth-order valence-corrected chi connectivity index (χ4v) is 3.90. The molecule has 0 aliphatic rings. The van der Waals surface area contributed by atoms with E-state index in [-0.39, 0.29) is 5.69 Å². The lowest BCUT2D eigenvalue weighted by molar-refractivity contribution is -0.388. The summed E-state index contributed by atoms with van der Waals surface area (Å²) in [5, 5.41) is 23.2. The van der Waals surface area contributed by atoms with Crippen molar-refractivity contribution in [2.24, 2.45) is 0 Å². The summed E-state index contributed by atoms with van der Waals surface area (Å²) in [6.45, 7) is 4.04. The third-order valence-electron chi connectivity index (χ3n) is 3.27. The van der Waals surface area contributed by atoms with Gasteiger partial charge in [-0.25, -0.2) is 0 Å². The summed E-state index contributed by atoms with van der Waals surface area (Å²) < 4.78 is 0.623. The second-order valence-corrected chi connectivity index (χ2v) is 7.23. The van der Waals surface area contributed by atoms with E-state index in [4.69, 9.17) is 0 Å². The lowest BCUT2D eigenvalue weighted by Gasteiger charge is -2.09. The number of benzene rings is 1. The van der Waals surface area contributed by atoms with Gasteiger partial charge in [0.25, 0.3) is 0 Å². The number of aryl methyl sites for hydroxylation is 2. The summed E-state index contributed by atoms with van der Waals surface area (Å²) in [7, 11) is 0. The summed E-state index contributed by atoms with van der Waals surface area (Å²) in [5.74, 6) is 0. The van der Waals surface area contributed by atoms with Crippen molar-refractivity contribution in [3.05, 3.63) is 57.9 Å². The molecule has 0 amide bonds. The zero-order valence-corrected chi connectivity index (χ0v) is 14.5. The molecule has 0 bridgehead atoms. The van der Waals surface area contributed by atoms with Crippen molar-refractivity contribution >= 4 is 39.6 Å². The number of nitro groups is 1. The number of nitrogens with one attached hydrogen (secondary N) is 1. The first-order valence-corrected chi connectivity index (χ1v) is 8.61. The molecule has 2 aromatic heterocycles. The van der Waals surface area contributed by atoms with Gasteiger partial charge >= 0.3 is 5.69 Å². The summed E-state index contributed by atoms with van der Waals surface area (Å²) in [6.07, 6.45) is 2.76. The highest BCUT2D eigenvalue weighted by Crippen LogP contribution is 2.37. The monoisotopic (exact) mass is 359 g/mol. The molecule has 0 atom stereocenters. The van der Waals surface area contributed by atoms with Crippen molar-refractivity contribution in [1.29, 1.82) is 0 Å². The van der Waals surface area contributed by atoms with Gasteiger partial charge in [-0.2, -0.15) is 0 Å². The van der Waals surface area contributed by atoms with E-state index in [9.17, 15) is 10.1 Å². The average molecular weight is 359 g/mol. The van der Waals surface area contributed by atoms with Crippen LogP contribution in [-0.4, -0.2) is 20.1 Å². The van der Waals surface area contributed by atoms with Gasteiger partial charge in [0, 0.05) is 11.9 Å². The molecule has 122 valence electrons.